The zero-order chi connectivity index (χ0) is 22.0. The second-order valence-electron chi connectivity index (χ2n) is 8.15. The molecule has 0 bridgehead atoms. The van der Waals surface area contributed by atoms with E-state index in [1.54, 1.807) is 23.1 Å². The van der Waals surface area contributed by atoms with Gasteiger partial charge in [0.25, 0.3) is 5.91 Å². The predicted molar refractivity (Wildman–Crippen MR) is 121 cm³/mol. The van der Waals surface area contributed by atoms with Crippen LogP contribution >= 0.6 is 0 Å². The molecule has 6 nitrogen and oxygen atoms in total. The van der Waals surface area contributed by atoms with E-state index in [9.17, 15) is 9.59 Å². The molecule has 0 saturated heterocycles. The van der Waals surface area contributed by atoms with E-state index in [4.69, 9.17) is 9.15 Å². The SMILES string of the molecule is CCCOc1cccc([C@@H]2c3c(oc4ccccc4c3=O)C(=O)N2CCCN(C)C)c1. The number of hydrogen-bond donors (Lipinski definition) is 0. The number of amides is 1. The third-order valence-electron chi connectivity index (χ3n) is 5.52. The molecule has 1 aromatic heterocycles. The zero-order valence-electron chi connectivity index (χ0n) is 18.3. The van der Waals surface area contributed by atoms with Crippen molar-refractivity contribution < 1.29 is 13.9 Å². The Morgan fingerprint density at radius 2 is 1.90 bits per heavy atom. The van der Waals surface area contributed by atoms with E-state index in [0.29, 0.717) is 29.7 Å². The van der Waals surface area contributed by atoms with Crippen LogP contribution in [0.1, 0.15) is 47.5 Å². The first-order valence-electron chi connectivity index (χ1n) is 10.8. The van der Waals surface area contributed by atoms with Crippen LogP contribution in [0.4, 0.5) is 0 Å². The summed E-state index contributed by atoms with van der Waals surface area (Å²) in [6.07, 6.45) is 1.70. The quantitative estimate of drug-likeness (QED) is 0.550. The number of carbonyl (C=O) groups excluding carboxylic acids is 1. The first kappa shape index (κ1) is 21.1. The molecule has 3 aromatic rings. The number of para-hydroxylation sites is 1. The molecule has 0 aliphatic carbocycles. The Morgan fingerprint density at radius 3 is 2.68 bits per heavy atom. The standard InChI is InChI=1S/C25H28N2O4/c1-4-15-30-18-10-7-9-17(16-18)22-21-23(28)19-11-5-6-12-20(19)31-24(21)25(29)27(22)14-8-13-26(2)3/h5-7,9-12,16,22H,4,8,13-15H2,1-3H3/t22-/m1/s1. The fourth-order valence-electron chi connectivity index (χ4n) is 4.10. The molecule has 0 unspecified atom stereocenters. The van der Waals surface area contributed by atoms with Gasteiger partial charge in [0, 0.05) is 6.54 Å². The minimum atomic E-state index is -0.490. The highest BCUT2D eigenvalue weighted by atomic mass is 16.5. The van der Waals surface area contributed by atoms with E-state index in [0.717, 1.165) is 30.7 Å². The summed E-state index contributed by atoms with van der Waals surface area (Å²) in [7, 11) is 4.01. The molecular weight excluding hydrogens is 392 g/mol. The molecule has 0 saturated carbocycles. The largest absolute Gasteiger partial charge is 0.494 e. The van der Waals surface area contributed by atoms with Gasteiger partial charge >= 0.3 is 0 Å². The molecule has 0 fully saturated rings. The van der Waals surface area contributed by atoms with Gasteiger partial charge in [-0.05, 0) is 63.3 Å². The van der Waals surface area contributed by atoms with Crippen LogP contribution in [0.25, 0.3) is 11.0 Å². The molecule has 1 aliphatic rings. The van der Waals surface area contributed by atoms with Gasteiger partial charge in [-0.1, -0.05) is 31.2 Å². The highest BCUT2D eigenvalue weighted by molar-refractivity contribution is 5.99. The summed E-state index contributed by atoms with van der Waals surface area (Å²) in [6, 6.07) is 14.3. The van der Waals surface area contributed by atoms with Gasteiger partial charge in [-0.25, -0.2) is 0 Å². The van der Waals surface area contributed by atoms with Crippen molar-refractivity contribution in [2.24, 2.45) is 0 Å². The first-order valence-corrected chi connectivity index (χ1v) is 10.8. The molecule has 0 spiro atoms. The number of ether oxygens (including phenoxy) is 1. The molecule has 0 radical (unpaired) electrons. The Balaban J connectivity index is 1.82. The van der Waals surface area contributed by atoms with Crippen LogP contribution in [-0.2, 0) is 0 Å². The van der Waals surface area contributed by atoms with Crippen molar-refractivity contribution in [3.05, 3.63) is 75.6 Å². The van der Waals surface area contributed by atoms with Gasteiger partial charge < -0.3 is 19.0 Å². The summed E-state index contributed by atoms with van der Waals surface area (Å²) in [5, 5.41) is 0.493. The van der Waals surface area contributed by atoms with E-state index in [2.05, 4.69) is 11.8 Å². The molecular formula is C25H28N2O4. The maximum absolute atomic E-state index is 13.5. The minimum Gasteiger partial charge on any atom is -0.494 e. The van der Waals surface area contributed by atoms with Crippen molar-refractivity contribution in [3.63, 3.8) is 0 Å². The second-order valence-corrected chi connectivity index (χ2v) is 8.15. The fraction of sp³-hybridized carbons (Fsp3) is 0.360. The third-order valence-corrected chi connectivity index (χ3v) is 5.52. The lowest BCUT2D eigenvalue weighted by Crippen LogP contribution is -2.32. The molecule has 0 N–H and O–H groups in total. The average molecular weight is 421 g/mol. The minimum absolute atomic E-state index is 0.148. The predicted octanol–water partition coefficient (Wildman–Crippen LogP) is 4.08. The first-order chi connectivity index (χ1) is 15.0. The molecule has 1 aliphatic heterocycles. The van der Waals surface area contributed by atoms with E-state index in [1.807, 2.05) is 44.4 Å². The number of nitrogens with zero attached hydrogens (tertiary/aromatic N) is 2. The molecule has 6 heteroatoms. The lowest BCUT2D eigenvalue weighted by molar-refractivity contribution is 0.0722. The highest BCUT2D eigenvalue weighted by Crippen LogP contribution is 2.39. The third kappa shape index (κ3) is 4.08. The highest BCUT2D eigenvalue weighted by Gasteiger charge is 2.42. The summed E-state index contributed by atoms with van der Waals surface area (Å²) in [5.41, 5.74) is 1.56. The van der Waals surface area contributed by atoms with Crippen molar-refractivity contribution in [2.45, 2.75) is 25.8 Å². The van der Waals surface area contributed by atoms with E-state index in [-0.39, 0.29) is 17.1 Å². The van der Waals surface area contributed by atoms with Gasteiger partial charge in [-0.3, -0.25) is 9.59 Å². The fourth-order valence-corrected chi connectivity index (χ4v) is 4.10. The van der Waals surface area contributed by atoms with Crippen LogP contribution in [0.2, 0.25) is 0 Å². The van der Waals surface area contributed by atoms with Crippen LogP contribution in [-0.4, -0.2) is 49.5 Å². The van der Waals surface area contributed by atoms with Crippen LogP contribution < -0.4 is 10.2 Å². The number of fused-ring (bicyclic) bond motifs is 2. The molecule has 1 amide bonds. The Bertz CT molecular complexity index is 1150. The van der Waals surface area contributed by atoms with Crippen LogP contribution in [0, 0.1) is 0 Å². The van der Waals surface area contributed by atoms with Crippen molar-refractivity contribution >= 4 is 16.9 Å². The summed E-state index contributed by atoms with van der Waals surface area (Å²) >= 11 is 0. The lowest BCUT2D eigenvalue weighted by Gasteiger charge is -2.26. The molecule has 31 heavy (non-hydrogen) atoms. The average Bonchev–Trinajstić information content (AvgIpc) is 3.04. The number of benzene rings is 2. The summed E-state index contributed by atoms with van der Waals surface area (Å²) in [4.78, 5) is 30.7. The van der Waals surface area contributed by atoms with Gasteiger partial charge in [0.2, 0.25) is 5.76 Å². The van der Waals surface area contributed by atoms with E-state index < -0.39 is 6.04 Å². The number of rotatable bonds is 8. The molecule has 2 aromatic carbocycles. The number of hydrogen-bond acceptors (Lipinski definition) is 5. The molecule has 162 valence electrons. The zero-order valence-corrected chi connectivity index (χ0v) is 18.3. The maximum atomic E-state index is 13.5. The smallest absolute Gasteiger partial charge is 0.290 e. The topological polar surface area (TPSA) is 63.0 Å². The summed E-state index contributed by atoms with van der Waals surface area (Å²) < 4.78 is 11.8. The lowest BCUT2D eigenvalue weighted by atomic mass is 9.98. The normalized spacial score (nSPS) is 15.7. The van der Waals surface area contributed by atoms with Crippen LogP contribution in [0.3, 0.4) is 0 Å². The molecule has 1 atom stereocenters. The van der Waals surface area contributed by atoms with Gasteiger partial charge in [0.1, 0.15) is 11.3 Å². The Kier molecular flexibility index (Phi) is 6.09. The van der Waals surface area contributed by atoms with Crippen LogP contribution in [0.15, 0.2) is 57.7 Å². The van der Waals surface area contributed by atoms with Gasteiger partial charge in [0.05, 0.1) is 23.6 Å². The van der Waals surface area contributed by atoms with E-state index in [1.165, 1.54) is 0 Å². The molecule has 2 heterocycles. The number of carbonyl (C=O) groups is 1. The van der Waals surface area contributed by atoms with Crippen LogP contribution in [0.5, 0.6) is 5.75 Å². The monoisotopic (exact) mass is 420 g/mol. The van der Waals surface area contributed by atoms with Gasteiger partial charge in [0.15, 0.2) is 5.43 Å². The van der Waals surface area contributed by atoms with Gasteiger partial charge in [-0.15, -0.1) is 0 Å². The molecule has 4 rings (SSSR count). The Hall–Kier alpha value is -3.12. The Morgan fingerprint density at radius 1 is 1.10 bits per heavy atom. The maximum Gasteiger partial charge on any atom is 0.290 e. The van der Waals surface area contributed by atoms with Crippen molar-refractivity contribution in [2.75, 3.05) is 33.8 Å². The van der Waals surface area contributed by atoms with E-state index >= 15 is 0 Å². The van der Waals surface area contributed by atoms with Gasteiger partial charge in [-0.2, -0.15) is 0 Å². The second kappa shape index (κ2) is 8.94. The Labute approximate surface area is 182 Å². The van der Waals surface area contributed by atoms with Crippen molar-refractivity contribution in [1.82, 2.24) is 9.80 Å². The summed E-state index contributed by atoms with van der Waals surface area (Å²) in [6.45, 7) is 4.04. The van der Waals surface area contributed by atoms with Crippen molar-refractivity contribution in [3.8, 4) is 5.75 Å². The van der Waals surface area contributed by atoms with Crippen molar-refractivity contribution in [1.29, 1.82) is 0 Å². The summed E-state index contributed by atoms with van der Waals surface area (Å²) in [5.74, 6) is 0.651.